The van der Waals surface area contributed by atoms with Crippen molar-refractivity contribution < 1.29 is 22.7 Å². The van der Waals surface area contributed by atoms with Crippen molar-refractivity contribution in [3.8, 4) is 22.8 Å². The number of hydrogen-bond donors (Lipinski definition) is 1. The van der Waals surface area contributed by atoms with Crippen LogP contribution in [0.25, 0.3) is 17.1 Å². The van der Waals surface area contributed by atoms with Crippen molar-refractivity contribution in [3.05, 3.63) is 78.6 Å². The minimum absolute atomic E-state index is 0.0615. The maximum Gasteiger partial charge on any atom is 0.416 e. The number of carbonyl (C=O) groups excluding carboxylic acids is 1. The van der Waals surface area contributed by atoms with Gasteiger partial charge in [-0.1, -0.05) is 17.8 Å². The molecule has 1 unspecified atom stereocenters. The molecule has 0 bridgehead atoms. The number of rotatable bonds is 7. The number of ether oxygens (including phenoxy) is 1. The third-order valence-electron chi connectivity index (χ3n) is 5.01. The molecule has 11 heteroatoms. The fourth-order valence-electron chi connectivity index (χ4n) is 3.23. The Labute approximate surface area is 203 Å². The number of aromatic nitrogens is 4. The van der Waals surface area contributed by atoms with Crippen LogP contribution in [0, 0.1) is 0 Å². The summed E-state index contributed by atoms with van der Waals surface area (Å²) in [6.07, 6.45) is -1.22. The predicted molar refractivity (Wildman–Crippen MR) is 127 cm³/mol. The Hall–Kier alpha value is -3.86. The molecule has 0 saturated carbocycles. The number of nitrogens with zero attached hydrogens (tertiary/aromatic N) is 4. The third kappa shape index (κ3) is 5.62. The highest BCUT2D eigenvalue weighted by Gasteiger charge is 2.30. The number of thioether (sulfide) groups is 1. The van der Waals surface area contributed by atoms with E-state index in [1.165, 1.54) is 12.1 Å². The van der Waals surface area contributed by atoms with Crippen molar-refractivity contribution in [3.63, 3.8) is 0 Å². The van der Waals surface area contributed by atoms with Gasteiger partial charge >= 0.3 is 6.18 Å². The number of carbonyl (C=O) groups is 1. The van der Waals surface area contributed by atoms with E-state index in [1.54, 1.807) is 55.3 Å². The van der Waals surface area contributed by atoms with Crippen LogP contribution >= 0.6 is 11.8 Å². The number of amides is 1. The molecule has 35 heavy (non-hydrogen) atoms. The standard InChI is InChI=1S/C24H20F3N5O2S/c1-15(22(33)29-18-5-3-4-17(14-18)24(25,26)27)35-23-31-30-21(16-10-12-28-13-11-16)32(23)19-6-8-20(34-2)9-7-19/h3-15H,1-2H3,(H,29,33). The van der Waals surface area contributed by atoms with Gasteiger partial charge in [0.25, 0.3) is 0 Å². The van der Waals surface area contributed by atoms with E-state index >= 15 is 0 Å². The van der Waals surface area contributed by atoms with Crippen molar-refractivity contribution in [1.29, 1.82) is 0 Å². The van der Waals surface area contributed by atoms with E-state index in [2.05, 4.69) is 20.5 Å². The van der Waals surface area contributed by atoms with E-state index < -0.39 is 22.9 Å². The lowest BCUT2D eigenvalue weighted by Gasteiger charge is -2.15. The molecule has 2 aromatic carbocycles. The molecule has 180 valence electrons. The Morgan fingerprint density at radius 3 is 2.43 bits per heavy atom. The van der Waals surface area contributed by atoms with Crippen LogP contribution in [-0.4, -0.2) is 38.0 Å². The molecule has 0 radical (unpaired) electrons. The molecule has 0 aliphatic heterocycles. The van der Waals surface area contributed by atoms with E-state index in [-0.39, 0.29) is 5.69 Å². The van der Waals surface area contributed by atoms with Crippen LogP contribution in [0.4, 0.5) is 18.9 Å². The summed E-state index contributed by atoms with van der Waals surface area (Å²) in [4.78, 5) is 16.8. The summed E-state index contributed by atoms with van der Waals surface area (Å²) < 4.78 is 46.0. The van der Waals surface area contributed by atoms with Gasteiger partial charge in [-0.05, 0) is 61.5 Å². The number of pyridine rings is 1. The van der Waals surface area contributed by atoms with Crippen LogP contribution in [-0.2, 0) is 11.0 Å². The first-order valence-electron chi connectivity index (χ1n) is 10.4. The van der Waals surface area contributed by atoms with Gasteiger partial charge in [0.05, 0.1) is 17.9 Å². The molecule has 1 N–H and O–H groups in total. The van der Waals surface area contributed by atoms with Gasteiger partial charge in [0, 0.05) is 29.3 Å². The molecule has 0 saturated heterocycles. The number of benzene rings is 2. The first kappa shape index (κ1) is 24.3. The van der Waals surface area contributed by atoms with Gasteiger partial charge in [-0.2, -0.15) is 13.2 Å². The molecular formula is C24H20F3N5O2S. The highest BCUT2D eigenvalue weighted by molar-refractivity contribution is 8.00. The highest BCUT2D eigenvalue weighted by Crippen LogP contribution is 2.33. The summed E-state index contributed by atoms with van der Waals surface area (Å²) in [6.45, 7) is 1.65. The monoisotopic (exact) mass is 499 g/mol. The zero-order valence-corrected chi connectivity index (χ0v) is 19.5. The van der Waals surface area contributed by atoms with Gasteiger partial charge in [0.1, 0.15) is 5.75 Å². The van der Waals surface area contributed by atoms with Crippen molar-refractivity contribution in [2.24, 2.45) is 0 Å². The minimum Gasteiger partial charge on any atom is -0.497 e. The number of halogens is 3. The maximum absolute atomic E-state index is 13.0. The van der Waals surface area contributed by atoms with Gasteiger partial charge in [0.15, 0.2) is 11.0 Å². The van der Waals surface area contributed by atoms with E-state index in [9.17, 15) is 18.0 Å². The fourth-order valence-corrected chi connectivity index (χ4v) is 4.09. The van der Waals surface area contributed by atoms with E-state index in [4.69, 9.17) is 4.74 Å². The second-order valence-corrected chi connectivity index (χ2v) is 8.71. The smallest absolute Gasteiger partial charge is 0.416 e. The van der Waals surface area contributed by atoms with Crippen LogP contribution in [0.2, 0.25) is 0 Å². The van der Waals surface area contributed by atoms with Gasteiger partial charge in [-0.3, -0.25) is 14.3 Å². The molecule has 0 fully saturated rings. The summed E-state index contributed by atoms with van der Waals surface area (Å²) in [6, 6.07) is 15.4. The van der Waals surface area contributed by atoms with Gasteiger partial charge < -0.3 is 10.1 Å². The maximum atomic E-state index is 13.0. The molecule has 7 nitrogen and oxygen atoms in total. The number of anilines is 1. The summed E-state index contributed by atoms with van der Waals surface area (Å²) in [5, 5.41) is 10.9. The Morgan fingerprint density at radius 2 is 1.77 bits per heavy atom. The fraction of sp³-hybridized carbons (Fsp3) is 0.167. The quantitative estimate of drug-likeness (QED) is 0.339. The number of nitrogens with one attached hydrogen (secondary N) is 1. The van der Waals surface area contributed by atoms with Crippen molar-refractivity contribution >= 4 is 23.4 Å². The SMILES string of the molecule is COc1ccc(-n2c(SC(C)C(=O)Nc3cccc(C(F)(F)F)c3)nnc2-c2ccncc2)cc1. The number of alkyl halides is 3. The molecule has 0 aliphatic rings. The summed E-state index contributed by atoms with van der Waals surface area (Å²) in [5.41, 5.74) is 0.745. The zero-order chi connectivity index (χ0) is 25.0. The summed E-state index contributed by atoms with van der Waals surface area (Å²) >= 11 is 1.14. The molecule has 0 aliphatic carbocycles. The Bertz CT molecular complexity index is 1310. The predicted octanol–water partition coefficient (Wildman–Crippen LogP) is 5.48. The van der Waals surface area contributed by atoms with Gasteiger partial charge in [0.2, 0.25) is 5.91 Å². The number of methoxy groups -OCH3 is 1. The molecule has 4 rings (SSSR count). The molecule has 1 amide bonds. The van der Waals surface area contributed by atoms with Crippen LogP contribution in [0.15, 0.2) is 78.2 Å². The molecule has 2 aromatic heterocycles. The molecule has 1 atom stereocenters. The highest BCUT2D eigenvalue weighted by atomic mass is 32.2. The lowest BCUT2D eigenvalue weighted by atomic mass is 10.2. The van der Waals surface area contributed by atoms with E-state index in [0.29, 0.717) is 16.7 Å². The summed E-state index contributed by atoms with van der Waals surface area (Å²) in [7, 11) is 1.57. The largest absolute Gasteiger partial charge is 0.497 e. The normalized spacial score (nSPS) is 12.3. The molecule has 2 heterocycles. The van der Waals surface area contributed by atoms with E-state index in [0.717, 1.165) is 35.1 Å². The average molecular weight is 500 g/mol. The lowest BCUT2D eigenvalue weighted by Crippen LogP contribution is -2.23. The number of hydrogen-bond acceptors (Lipinski definition) is 6. The van der Waals surface area contributed by atoms with Gasteiger partial charge in [-0.15, -0.1) is 10.2 Å². The van der Waals surface area contributed by atoms with Gasteiger partial charge in [-0.25, -0.2) is 0 Å². The van der Waals surface area contributed by atoms with Crippen LogP contribution in [0.5, 0.6) is 5.75 Å². The van der Waals surface area contributed by atoms with Crippen molar-refractivity contribution in [2.75, 3.05) is 12.4 Å². The van der Waals surface area contributed by atoms with Crippen LogP contribution in [0.3, 0.4) is 0 Å². The van der Waals surface area contributed by atoms with E-state index in [1.807, 2.05) is 12.1 Å². The lowest BCUT2D eigenvalue weighted by molar-refractivity contribution is -0.137. The molecular weight excluding hydrogens is 479 g/mol. The zero-order valence-electron chi connectivity index (χ0n) is 18.7. The topological polar surface area (TPSA) is 81.9 Å². The summed E-state index contributed by atoms with van der Waals surface area (Å²) in [5.74, 6) is 0.755. The Balaban J connectivity index is 1.61. The van der Waals surface area contributed by atoms with Crippen molar-refractivity contribution in [1.82, 2.24) is 19.7 Å². The van der Waals surface area contributed by atoms with Crippen LogP contribution < -0.4 is 10.1 Å². The average Bonchev–Trinajstić information content (AvgIpc) is 3.27. The first-order valence-corrected chi connectivity index (χ1v) is 11.3. The first-order chi connectivity index (χ1) is 16.8. The molecule has 4 aromatic rings. The van der Waals surface area contributed by atoms with Crippen molar-refractivity contribution in [2.45, 2.75) is 23.5 Å². The Kier molecular flexibility index (Phi) is 7.06. The third-order valence-corrected chi connectivity index (χ3v) is 6.05. The minimum atomic E-state index is -4.50. The second-order valence-electron chi connectivity index (χ2n) is 7.40. The molecule has 0 spiro atoms. The Morgan fingerprint density at radius 1 is 1.06 bits per heavy atom. The second kappa shape index (κ2) is 10.2. The van der Waals surface area contributed by atoms with Crippen LogP contribution in [0.1, 0.15) is 12.5 Å².